The molecular weight excluding hydrogens is 390 g/mol. The molecule has 1 aromatic heterocycles. The number of hydrogen-bond acceptors (Lipinski definition) is 6. The van der Waals surface area contributed by atoms with E-state index in [1.165, 1.54) is 11.8 Å². The molecule has 1 fully saturated rings. The number of likely N-dealkylation sites (tertiary alicyclic amines) is 1. The van der Waals surface area contributed by atoms with Crippen molar-refractivity contribution in [1.82, 2.24) is 14.5 Å². The van der Waals surface area contributed by atoms with Gasteiger partial charge in [0, 0.05) is 19.1 Å². The maximum absolute atomic E-state index is 12.9. The topological polar surface area (TPSA) is 81.5 Å². The van der Waals surface area contributed by atoms with Crippen molar-refractivity contribution in [1.29, 1.82) is 0 Å². The lowest BCUT2D eigenvalue weighted by molar-refractivity contribution is -0.151. The Morgan fingerprint density at radius 1 is 1.31 bits per heavy atom. The van der Waals surface area contributed by atoms with E-state index in [-0.39, 0.29) is 35.1 Å². The number of amides is 1. The molecule has 0 spiro atoms. The van der Waals surface area contributed by atoms with Gasteiger partial charge >= 0.3 is 5.97 Å². The summed E-state index contributed by atoms with van der Waals surface area (Å²) in [7, 11) is 0. The Morgan fingerprint density at radius 2 is 2.07 bits per heavy atom. The van der Waals surface area contributed by atoms with Crippen molar-refractivity contribution in [2.45, 2.75) is 44.8 Å². The number of aromatic nitrogens is 2. The van der Waals surface area contributed by atoms with Crippen LogP contribution in [0.25, 0.3) is 10.9 Å². The first-order valence-corrected chi connectivity index (χ1v) is 11.0. The number of carbonyl (C=O) groups is 2. The molecule has 3 rings (SSSR count). The monoisotopic (exact) mass is 417 g/mol. The van der Waals surface area contributed by atoms with Gasteiger partial charge in [0.1, 0.15) is 0 Å². The molecule has 2 heterocycles. The zero-order valence-electron chi connectivity index (χ0n) is 17.1. The lowest BCUT2D eigenvalue weighted by atomic mass is 9.98. The smallest absolute Gasteiger partial charge is 0.310 e. The minimum absolute atomic E-state index is 0.0540. The van der Waals surface area contributed by atoms with Crippen molar-refractivity contribution in [2.75, 3.05) is 25.4 Å². The predicted octanol–water partition coefficient (Wildman–Crippen LogP) is 2.87. The third-order valence-corrected chi connectivity index (χ3v) is 5.95. The number of nitrogens with zero attached hydrogens (tertiary/aromatic N) is 3. The van der Waals surface area contributed by atoms with Crippen LogP contribution >= 0.6 is 11.8 Å². The van der Waals surface area contributed by atoms with E-state index < -0.39 is 0 Å². The highest BCUT2D eigenvalue weighted by Gasteiger charge is 2.29. The van der Waals surface area contributed by atoms with E-state index in [4.69, 9.17) is 4.74 Å². The normalized spacial score (nSPS) is 17.0. The van der Waals surface area contributed by atoms with E-state index >= 15 is 0 Å². The van der Waals surface area contributed by atoms with Crippen LogP contribution in [0, 0.1) is 5.92 Å². The van der Waals surface area contributed by atoms with Gasteiger partial charge in [-0.15, -0.1) is 0 Å². The molecule has 0 bridgehead atoms. The Kier molecular flexibility index (Phi) is 6.95. The van der Waals surface area contributed by atoms with E-state index in [1.807, 2.05) is 32.0 Å². The second-order valence-electron chi connectivity index (χ2n) is 7.40. The average Bonchev–Trinajstić information content (AvgIpc) is 2.72. The van der Waals surface area contributed by atoms with Gasteiger partial charge in [0.15, 0.2) is 5.16 Å². The van der Waals surface area contributed by atoms with Crippen molar-refractivity contribution < 1.29 is 14.3 Å². The van der Waals surface area contributed by atoms with Crippen LogP contribution < -0.4 is 5.56 Å². The summed E-state index contributed by atoms with van der Waals surface area (Å²) in [5.74, 6) is -0.373. The molecule has 1 saturated heterocycles. The van der Waals surface area contributed by atoms with Gasteiger partial charge in [-0.25, -0.2) is 4.98 Å². The molecule has 0 saturated carbocycles. The molecule has 0 radical (unpaired) electrons. The Balaban J connectivity index is 1.74. The Morgan fingerprint density at radius 3 is 2.79 bits per heavy atom. The minimum atomic E-state index is -0.259. The summed E-state index contributed by atoms with van der Waals surface area (Å²) in [6, 6.07) is 7.18. The molecule has 7 nitrogen and oxygen atoms in total. The zero-order valence-corrected chi connectivity index (χ0v) is 17.9. The molecule has 0 unspecified atom stereocenters. The summed E-state index contributed by atoms with van der Waals surface area (Å²) in [4.78, 5) is 44.0. The van der Waals surface area contributed by atoms with Gasteiger partial charge in [-0.05, 0) is 45.7 Å². The highest BCUT2D eigenvalue weighted by Crippen LogP contribution is 2.23. The lowest BCUT2D eigenvalue weighted by Gasteiger charge is -2.31. The SMILES string of the molecule is CCOC(=O)[C@H]1CCCN(C(=O)CSc2nc3ccccc3c(=O)n2C(C)C)C1. The summed E-state index contributed by atoms with van der Waals surface area (Å²) in [6.45, 7) is 7.01. The number of ether oxygens (including phenoxy) is 1. The van der Waals surface area contributed by atoms with Crippen LogP contribution in [-0.2, 0) is 14.3 Å². The van der Waals surface area contributed by atoms with Crippen LogP contribution in [0.2, 0.25) is 0 Å². The molecule has 29 heavy (non-hydrogen) atoms. The van der Waals surface area contributed by atoms with E-state index in [1.54, 1.807) is 22.5 Å². The molecule has 1 atom stereocenters. The number of fused-ring (bicyclic) bond motifs is 1. The number of piperidine rings is 1. The van der Waals surface area contributed by atoms with Crippen molar-refractivity contribution in [2.24, 2.45) is 5.92 Å². The number of hydrogen-bond donors (Lipinski definition) is 0. The fraction of sp³-hybridized carbons (Fsp3) is 0.524. The molecule has 0 N–H and O–H groups in total. The molecule has 0 aliphatic carbocycles. The number of rotatable bonds is 6. The number of thioether (sulfide) groups is 1. The highest BCUT2D eigenvalue weighted by molar-refractivity contribution is 7.99. The second kappa shape index (κ2) is 9.43. The van der Waals surface area contributed by atoms with Gasteiger partial charge in [0.2, 0.25) is 5.91 Å². The van der Waals surface area contributed by atoms with E-state index in [9.17, 15) is 14.4 Å². The highest BCUT2D eigenvalue weighted by atomic mass is 32.2. The van der Waals surface area contributed by atoms with E-state index in [2.05, 4.69) is 4.98 Å². The van der Waals surface area contributed by atoms with Crippen LogP contribution in [0.5, 0.6) is 0 Å². The third kappa shape index (κ3) is 4.80. The number of carbonyl (C=O) groups excluding carboxylic acids is 2. The van der Waals surface area contributed by atoms with Gasteiger partial charge in [-0.3, -0.25) is 19.0 Å². The number of benzene rings is 1. The first-order chi connectivity index (χ1) is 13.9. The fourth-order valence-electron chi connectivity index (χ4n) is 3.56. The van der Waals surface area contributed by atoms with Gasteiger partial charge in [-0.1, -0.05) is 23.9 Å². The molecule has 1 aliphatic heterocycles. The van der Waals surface area contributed by atoms with Crippen molar-refractivity contribution in [3.05, 3.63) is 34.6 Å². The average molecular weight is 418 g/mol. The van der Waals surface area contributed by atoms with Crippen LogP contribution in [0.4, 0.5) is 0 Å². The second-order valence-corrected chi connectivity index (χ2v) is 8.34. The van der Waals surface area contributed by atoms with Crippen LogP contribution in [0.15, 0.2) is 34.2 Å². The van der Waals surface area contributed by atoms with Crippen LogP contribution in [-0.4, -0.2) is 51.8 Å². The van der Waals surface area contributed by atoms with E-state index in [0.29, 0.717) is 35.8 Å². The zero-order chi connectivity index (χ0) is 21.0. The first kappa shape index (κ1) is 21.4. The summed E-state index contributed by atoms with van der Waals surface area (Å²) >= 11 is 1.27. The molecular formula is C21H27N3O4S. The minimum Gasteiger partial charge on any atom is -0.466 e. The van der Waals surface area contributed by atoms with Crippen molar-refractivity contribution in [3.8, 4) is 0 Å². The van der Waals surface area contributed by atoms with Crippen molar-refractivity contribution >= 4 is 34.5 Å². The first-order valence-electron chi connectivity index (χ1n) is 10.0. The van der Waals surface area contributed by atoms with Crippen LogP contribution in [0.3, 0.4) is 0 Å². The molecule has 8 heteroatoms. The molecule has 156 valence electrons. The van der Waals surface area contributed by atoms with Crippen molar-refractivity contribution in [3.63, 3.8) is 0 Å². The lowest BCUT2D eigenvalue weighted by Crippen LogP contribution is -2.43. The van der Waals surface area contributed by atoms with Gasteiger partial charge in [0.05, 0.1) is 29.2 Å². The Bertz CT molecular complexity index is 957. The number of para-hydroxylation sites is 1. The van der Waals surface area contributed by atoms with E-state index in [0.717, 1.165) is 12.8 Å². The van der Waals surface area contributed by atoms with Gasteiger partial charge in [0.25, 0.3) is 5.56 Å². The third-order valence-electron chi connectivity index (χ3n) is 5.01. The maximum Gasteiger partial charge on any atom is 0.310 e. The number of esters is 1. The van der Waals surface area contributed by atoms with Gasteiger partial charge < -0.3 is 9.64 Å². The largest absolute Gasteiger partial charge is 0.466 e. The fourth-order valence-corrected chi connectivity index (χ4v) is 4.59. The molecule has 1 aliphatic rings. The summed E-state index contributed by atoms with van der Waals surface area (Å²) in [5.41, 5.74) is 0.533. The summed E-state index contributed by atoms with van der Waals surface area (Å²) in [6.07, 6.45) is 1.53. The standard InChI is InChI=1S/C21H27N3O4S/c1-4-28-20(27)15-8-7-11-23(12-15)18(25)13-29-21-22-17-10-6-5-9-16(17)19(26)24(21)14(2)3/h5-6,9-10,14-15H,4,7-8,11-13H2,1-3H3/t15-/m0/s1. The molecule has 2 aromatic rings. The Labute approximate surface area is 174 Å². The van der Waals surface area contributed by atoms with Gasteiger partial charge in [-0.2, -0.15) is 0 Å². The predicted molar refractivity (Wildman–Crippen MR) is 113 cm³/mol. The quantitative estimate of drug-likeness (QED) is 0.408. The summed E-state index contributed by atoms with van der Waals surface area (Å²) in [5, 5.41) is 1.11. The Hall–Kier alpha value is -2.35. The maximum atomic E-state index is 12.9. The molecule has 1 aromatic carbocycles. The van der Waals surface area contributed by atoms with Crippen LogP contribution in [0.1, 0.15) is 39.7 Å². The molecule has 1 amide bonds. The summed E-state index contributed by atoms with van der Waals surface area (Å²) < 4.78 is 6.74.